The van der Waals surface area contributed by atoms with Crippen molar-refractivity contribution in [3.8, 4) is 0 Å². The van der Waals surface area contributed by atoms with E-state index < -0.39 is 16.0 Å². The third-order valence-corrected chi connectivity index (χ3v) is 4.94. The van der Waals surface area contributed by atoms with Gasteiger partial charge >= 0.3 is 5.97 Å². The average molecular weight is 417 g/mol. The van der Waals surface area contributed by atoms with Crippen LogP contribution in [0.4, 0.5) is 11.5 Å². The highest BCUT2D eigenvalue weighted by atomic mass is 32.2. The number of nitrogens with zero attached hydrogens (tertiary/aromatic N) is 3. The van der Waals surface area contributed by atoms with Crippen LogP contribution in [0.15, 0.2) is 42.7 Å². The molecule has 10 heteroatoms. The van der Waals surface area contributed by atoms with E-state index in [1.54, 1.807) is 12.3 Å². The van der Waals surface area contributed by atoms with Gasteiger partial charge in [0.15, 0.2) is 0 Å². The Labute approximate surface area is 169 Å². The number of aliphatic carboxylic acids is 1. The number of benzene rings is 1. The Bertz CT molecular complexity index is 992. The zero-order valence-corrected chi connectivity index (χ0v) is 16.8. The zero-order chi connectivity index (χ0) is 20.9. The maximum absolute atomic E-state index is 11.4. The van der Waals surface area contributed by atoms with Crippen molar-refractivity contribution in [3.05, 3.63) is 54.0 Å². The molecule has 0 bridgehead atoms. The summed E-state index contributed by atoms with van der Waals surface area (Å²) in [4.78, 5) is 21.3. The van der Waals surface area contributed by atoms with E-state index in [0.29, 0.717) is 17.2 Å². The number of hydrogen-bond donors (Lipinski definition) is 3. The molecule has 0 unspecified atom stereocenters. The largest absolute Gasteiger partial charge is 0.478 e. The molecule has 0 spiro atoms. The van der Waals surface area contributed by atoms with Gasteiger partial charge < -0.3 is 10.4 Å². The lowest BCUT2D eigenvalue weighted by molar-refractivity contribution is -0.131. The molecule has 0 radical (unpaired) electrons. The third-order valence-electron chi connectivity index (χ3n) is 4.33. The van der Waals surface area contributed by atoms with Crippen LogP contribution >= 0.6 is 0 Å². The van der Waals surface area contributed by atoms with Gasteiger partial charge in [-0.25, -0.2) is 18.2 Å². The van der Waals surface area contributed by atoms with E-state index in [-0.39, 0.29) is 6.04 Å². The maximum atomic E-state index is 11.4. The van der Waals surface area contributed by atoms with E-state index in [1.165, 1.54) is 12.3 Å². The highest BCUT2D eigenvalue weighted by Crippen LogP contribution is 2.19. The van der Waals surface area contributed by atoms with Gasteiger partial charge in [0.05, 0.1) is 24.3 Å². The maximum Gasteiger partial charge on any atom is 0.328 e. The molecule has 29 heavy (non-hydrogen) atoms. The number of carboxylic acids is 1. The summed E-state index contributed by atoms with van der Waals surface area (Å²) >= 11 is 0. The lowest BCUT2D eigenvalue weighted by atomic mass is 10.2. The Kier molecular flexibility index (Phi) is 6.45. The van der Waals surface area contributed by atoms with Gasteiger partial charge in [-0.15, -0.1) is 0 Å². The molecule has 1 aromatic carbocycles. The number of likely N-dealkylation sites (tertiary alicyclic amines) is 1. The number of anilines is 2. The standard InChI is InChI=1S/C19H23N5O4S/c1-29(27,28)23-15-4-2-3-14(9-15)12-24-8-7-17(13-24)22-18-11-20-16(10-21-18)5-6-19(25)26/h2-6,9-11,17,23H,7-8,12-13H2,1H3,(H,21,22)(H,25,26)/t17-/m1/s1. The minimum absolute atomic E-state index is 0.224. The van der Waals surface area contributed by atoms with Crippen molar-refractivity contribution in [3.63, 3.8) is 0 Å². The summed E-state index contributed by atoms with van der Waals surface area (Å²) in [7, 11) is -3.30. The van der Waals surface area contributed by atoms with Crippen LogP contribution in [-0.4, -0.2) is 59.7 Å². The van der Waals surface area contributed by atoms with Gasteiger partial charge in [-0.2, -0.15) is 0 Å². The van der Waals surface area contributed by atoms with Gasteiger partial charge in [-0.3, -0.25) is 14.6 Å². The average Bonchev–Trinajstić information content (AvgIpc) is 3.07. The van der Waals surface area contributed by atoms with E-state index in [9.17, 15) is 13.2 Å². The molecule has 1 fully saturated rings. The van der Waals surface area contributed by atoms with Crippen LogP contribution in [-0.2, 0) is 21.4 Å². The molecular formula is C19H23N5O4S. The summed E-state index contributed by atoms with van der Waals surface area (Å²) in [6.07, 6.45) is 7.60. The van der Waals surface area contributed by atoms with Crippen molar-refractivity contribution in [1.82, 2.24) is 14.9 Å². The first kappa shape index (κ1) is 20.7. The van der Waals surface area contributed by atoms with E-state index in [0.717, 1.165) is 44.0 Å². The molecule has 1 aliphatic rings. The Balaban J connectivity index is 1.53. The lowest BCUT2D eigenvalue weighted by Gasteiger charge is -2.17. The summed E-state index contributed by atoms with van der Waals surface area (Å²) in [6.45, 7) is 2.46. The summed E-state index contributed by atoms with van der Waals surface area (Å²) < 4.78 is 25.3. The smallest absolute Gasteiger partial charge is 0.328 e. The van der Waals surface area contributed by atoms with Crippen LogP contribution in [0.25, 0.3) is 6.08 Å². The molecule has 1 atom stereocenters. The fraction of sp³-hybridized carbons (Fsp3) is 0.316. The quantitative estimate of drug-likeness (QED) is 0.554. The number of hydrogen-bond acceptors (Lipinski definition) is 7. The van der Waals surface area contributed by atoms with E-state index in [2.05, 4.69) is 24.9 Å². The molecule has 154 valence electrons. The van der Waals surface area contributed by atoms with Gasteiger partial charge in [-0.1, -0.05) is 12.1 Å². The second-order valence-electron chi connectivity index (χ2n) is 6.94. The van der Waals surface area contributed by atoms with Crippen molar-refractivity contribution in [2.45, 2.75) is 19.0 Å². The van der Waals surface area contributed by atoms with Crippen molar-refractivity contribution in [2.24, 2.45) is 0 Å². The number of aromatic nitrogens is 2. The Hall–Kier alpha value is -2.98. The molecule has 2 aromatic rings. The molecule has 1 aliphatic heterocycles. The summed E-state index contributed by atoms with van der Waals surface area (Å²) in [5.41, 5.74) is 2.08. The molecule has 3 rings (SSSR count). The van der Waals surface area contributed by atoms with Crippen LogP contribution in [0.2, 0.25) is 0 Å². The van der Waals surface area contributed by atoms with E-state index in [4.69, 9.17) is 5.11 Å². The van der Waals surface area contributed by atoms with Crippen molar-refractivity contribution < 1.29 is 18.3 Å². The molecule has 1 saturated heterocycles. The monoisotopic (exact) mass is 417 g/mol. The third kappa shape index (κ3) is 6.84. The number of carbonyl (C=O) groups is 1. The Morgan fingerprint density at radius 2 is 2.17 bits per heavy atom. The second kappa shape index (κ2) is 9.01. The first-order valence-corrected chi connectivity index (χ1v) is 10.9. The molecule has 0 saturated carbocycles. The molecule has 3 N–H and O–H groups in total. The van der Waals surface area contributed by atoms with Crippen molar-refractivity contribution in [2.75, 3.05) is 29.4 Å². The molecule has 9 nitrogen and oxygen atoms in total. The van der Waals surface area contributed by atoms with Crippen molar-refractivity contribution in [1.29, 1.82) is 0 Å². The highest BCUT2D eigenvalue weighted by Gasteiger charge is 2.22. The van der Waals surface area contributed by atoms with Crippen LogP contribution in [0.5, 0.6) is 0 Å². The number of nitrogens with one attached hydrogen (secondary N) is 2. The summed E-state index contributed by atoms with van der Waals surface area (Å²) in [5.74, 6) is -0.388. The predicted octanol–water partition coefficient (Wildman–Crippen LogP) is 1.63. The van der Waals surface area contributed by atoms with Crippen LogP contribution in [0.3, 0.4) is 0 Å². The Morgan fingerprint density at radius 1 is 1.34 bits per heavy atom. The summed E-state index contributed by atoms with van der Waals surface area (Å²) in [6, 6.07) is 7.61. The topological polar surface area (TPSA) is 125 Å². The SMILES string of the molecule is CS(=O)(=O)Nc1cccc(CN2CC[C@@H](Nc3cnc(C=CC(=O)O)cn3)C2)c1. The number of carboxylic acid groups (broad SMARTS) is 1. The minimum Gasteiger partial charge on any atom is -0.478 e. The molecular weight excluding hydrogens is 394 g/mol. The molecule has 0 amide bonds. The minimum atomic E-state index is -3.30. The van der Waals surface area contributed by atoms with Gasteiger partial charge in [0, 0.05) is 37.4 Å². The molecule has 0 aliphatic carbocycles. The van der Waals surface area contributed by atoms with Gasteiger partial charge in [0.25, 0.3) is 0 Å². The zero-order valence-electron chi connectivity index (χ0n) is 15.9. The number of rotatable bonds is 8. The van der Waals surface area contributed by atoms with Gasteiger partial charge in [-0.05, 0) is 30.2 Å². The molecule has 2 heterocycles. The van der Waals surface area contributed by atoms with Crippen molar-refractivity contribution >= 4 is 33.6 Å². The van der Waals surface area contributed by atoms with Crippen LogP contribution in [0.1, 0.15) is 17.7 Å². The molecule has 1 aromatic heterocycles. The second-order valence-corrected chi connectivity index (χ2v) is 8.69. The van der Waals surface area contributed by atoms with E-state index >= 15 is 0 Å². The van der Waals surface area contributed by atoms with Crippen LogP contribution < -0.4 is 10.0 Å². The van der Waals surface area contributed by atoms with Gasteiger partial charge in [0.2, 0.25) is 10.0 Å². The van der Waals surface area contributed by atoms with E-state index in [1.807, 2.05) is 18.2 Å². The fourth-order valence-electron chi connectivity index (χ4n) is 3.16. The predicted molar refractivity (Wildman–Crippen MR) is 111 cm³/mol. The number of sulfonamides is 1. The van der Waals surface area contributed by atoms with Gasteiger partial charge in [0.1, 0.15) is 5.82 Å². The highest BCUT2D eigenvalue weighted by molar-refractivity contribution is 7.92. The first-order valence-electron chi connectivity index (χ1n) is 9.05. The fourth-order valence-corrected chi connectivity index (χ4v) is 3.72. The van der Waals surface area contributed by atoms with Crippen LogP contribution in [0, 0.1) is 0 Å². The first-order chi connectivity index (χ1) is 13.8. The Morgan fingerprint density at radius 3 is 2.86 bits per heavy atom. The normalized spacial score (nSPS) is 17.5. The lowest BCUT2D eigenvalue weighted by Crippen LogP contribution is -2.26. The summed E-state index contributed by atoms with van der Waals surface area (Å²) in [5, 5.41) is 12.0.